The Morgan fingerprint density at radius 1 is 0.586 bits per heavy atom. The van der Waals surface area contributed by atoms with E-state index in [1.807, 2.05) is 54.7 Å². The third-order valence-corrected chi connectivity index (χ3v) is 8.86. The second kappa shape index (κ2) is 30.5. The number of anilines is 1. The van der Waals surface area contributed by atoms with Crippen LogP contribution in [0.2, 0.25) is 5.15 Å². The lowest BCUT2D eigenvalue weighted by Gasteiger charge is -1.98. The molecule has 0 aliphatic carbocycles. The van der Waals surface area contributed by atoms with Gasteiger partial charge in [0.25, 0.3) is 0 Å². The van der Waals surface area contributed by atoms with Gasteiger partial charge in [-0.3, -0.25) is 37.7 Å². The van der Waals surface area contributed by atoms with Crippen LogP contribution in [-0.2, 0) is 4.57 Å². The first kappa shape index (κ1) is 61.1. The van der Waals surface area contributed by atoms with E-state index in [0.29, 0.717) is 37.8 Å². The molecule has 0 fully saturated rings. The lowest BCUT2D eigenvalue weighted by Crippen LogP contribution is -3.00. The van der Waals surface area contributed by atoms with E-state index < -0.39 is 12.7 Å². The van der Waals surface area contributed by atoms with E-state index in [2.05, 4.69) is 58.6 Å². The summed E-state index contributed by atoms with van der Waals surface area (Å²) in [4.78, 5) is 18.9. The Balaban J connectivity index is 0.000000415. The van der Waals surface area contributed by atoms with Crippen LogP contribution in [0.5, 0.6) is 0 Å². The Bertz CT molecular complexity index is 3180. The van der Waals surface area contributed by atoms with Gasteiger partial charge in [-0.1, -0.05) is 66.2 Å². The minimum atomic E-state index is -3.67. The van der Waals surface area contributed by atoms with Crippen LogP contribution in [-0.4, -0.2) is 43.6 Å². The van der Waals surface area contributed by atoms with Crippen molar-refractivity contribution < 1.29 is 56.3 Å². The van der Waals surface area contributed by atoms with E-state index >= 15 is 0 Å². The van der Waals surface area contributed by atoms with E-state index in [1.165, 1.54) is 42.9 Å². The normalized spacial score (nSPS) is 9.67. The minimum absolute atomic E-state index is 0. The summed E-state index contributed by atoms with van der Waals surface area (Å²) in [6.07, 6.45) is 14.6. The fourth-order valence-corrected chi connectivity index (χ4v) is 5.96. The summed E-state index contributed by atoms with van der Waals surface area (Å²) in [6, 6.07) is 34.4. The molecule has 0 saturated heterocycles. The molecule has 0 bridgehead atoms. The highest BCUT2D eigenvalue weighted by atomic mass is 36.0. The summed E-state index contributed by atoms with van der Waals surface area (Å²) in [5.41, 5.74) is 7.12. The molecule has 12 nitrogen and oxygen atoms in total. The molecule has 5 heterocycles. The average molecular weight is 1070 g/mol. The number of halogens is 11. The molecular formula is C45H36BCl4F7N8O4P+. The molecule has 25 heteroatoms. The number of aromatic nitrogens is 5. The van der Waals surface area contributed by atoms with Gasteiger partial charge in [0.15, 0.2) is 4.98 Å². The number of nitrogen functional groups attached to an aromatic ring is 1. The summed E-state index contributed by atoms with van der Waals surface area (Å²) < 4.78 is 78.5. The SMILES string of the molecule is FB(F)F.Fc1cccc2c(Cl)nccc12.Fc1cccc2cnccc12.N#[N+]c1cccc2cnccc12.Nc1cccc2cnccc12.O.O.O=P(Cl)(Cl)Cl.O[n+]1ccc2c(F)cccc2c1.[F-]. The summed E-state index contributed by atoms with van der Waals surface area (Å²) in [7, 11) is -3.67. The van der Waals surface area contributed by atoms with E-state index in [1.54, 1.807) is 79.5 Å². The first-order valence-corrected chi connectivity index (χ1v) is 23.6. The van der Waals surface area contributed by atoms with E-state index in [9.17, 15) is 30.7 Å². The molecular weight excluding hydrogens is 1030 g/mol. The third kappa shape index (κ3) is 20.0. The van der Waals surface area contributed by atoms with Crippen LogP contribution < -0.4 is 15.2 Å². The molecule has 70 heavy (non-hydrogen) atoms. The van der Waals surface area contributed by atoms with Crippen LogP contribution in [0.15, 0.2) is 177 Å². The highest BCUT2D eigenvalue weighted by molar-refractivity contribution is 8.24. The molecule has 0 atom stereocenters. The summed E-state index contributed by atoms with van der Waals surface area (Å²) in [5.74, 6) is -0.727. The average Bonchev–Trinajstić information content (AvgIpc) is 3.30. The number of nitrogens with zero attached hydrogens (tertiary/aromatic N) is 7. The number of rotatable bonds is 0. The van der Waals surface area contributed by atoms with Gasteiger partial charge in [-0.2, -0.15) is 0 Å². The van der Waals surface area contributed by atoms with Gasteiger partial charge in [0.05, 0.1) is 10.8 Å². The van der Waals surface area contributed by atoms with Gasteiger partial charge in [-0.05, 0) is 88.3 Å². The van der Waals surface area contributed by atoms with E-state index in [-0.39, 0.29) is 33.1 Å². The number of nitrogens with two attached hydrogens (primary N) is 1. The first-order valence-electron chi connectivity index (χ1n) is 18.8. The molecule has 0 aliphatic rings. The van der Waals surface area contributed by atoms with Crippen molar-refractivity contribution in [1.29, 1.82) is 5.39 Å². The van der Waals surface area contributed by atoms with Crippen molar-refractivity contribution in [3.8, 4) is 0 Å². The maximum Gasteiger partial charge on any atom is 0.762 e. The number of diazo groups is 1. The quantitative estimate of drug-likeness (QED) is 0.0218. The Labute approximate surface area is 413 Å². The van der Waals surface area contributed by atoms with Crippen molar-refractivity contribution in [2.75, 3.05) is 5.73 Å². The van der Waals surface area contributed by atoms with Gasteiger partial charge in [0, 0.05) is 109 Å². The molecule has 10 aromatic rings. The molecule has 7 N–H and O–H groups in total. The lowest BCUT2D eigenvalue weighted by molar-refractivity contribution is -0.903. The largest absolute Gasteiger partial charge is 1.00 e. The van der Waals surface area contributed by atoms with Crippen molar-refractivity contribution in [3.63, 3.8) is 0 Å². The standard InChI is InChI=1S/C9H5ClFN.C9H7FNO.C9H6FN.C9H6N3.C9H8N2.BF3.Cl3OP.FH.2H2O/c10-9-7-2-1-3-8(11)6(7)4-5-12-9;10-9-3-1-2-7-6-11(12)5-4-8(7)9;10-9-3-1-2-7-6-11-5-4-8(7)9;10-12-9-3-1-2-7-6-11-5-4-8(7)9;10-9-3-1-2-7-6-11-5-4-8(7)9;2-1(3)4;1-5(2,3)4;;;/h1-5H;1-6,12H;1-6H;1-6H;1-6H,10H2;;;1H;2*1H2/q;+1;;+1;;;;;;/p-1. The van der Waals surface area contributed by atoms with Gasteiger partial charge in [0.1, 0.15) is 22.6 Å². The lowest BCUT2D eigenvalue weighted by atomic mass is 10.1. The van der Waals surface area contributed by atoms with Crippen LogP contribution in [0.1, 0.15) is 0 Å². The molecule has 0 spiro atoms. The molecule has 364 valence electrons. The Morgan fingerprint density at radius 2 is 0.986 bits per heavy atom. The fraction of sp³-hybridized carbons (Fsp3) is 0. The highest BCUT2D eigenvalue weighted by Crippen LogP contribution is 2.61. The number of hydrogen-bond donors (Lipinski definition) is 2. The molecule has 0 amide bonds. The van der Waals surface area contributed by atoms with Crippen LogP contribution >= 0.6 is 50.5 Å². The number of fused-ring (bicyclic) bond motifs is 5. The zero-order valence-corrected chi connectivity index (χ0v) is 39.4. The van der Waals surface area contributed by atoms with Crippen molar-refractivity contribution in [2.45, 2.75) is 0 Å². The topological polar surface area (TPSA) is 210 Å². The van der Waals surface area contributed by atoms with Crippen molar-refractivity contribution in [1.82, 2.24) is 19.9 Å². The first-order chi connectivity index (χ1) is 32.0. The minimum Gasteiger partial charge on any atom is -1.00 e. The van der Waals surface area contributed by atoms with Crippen molar-refractivity contribution in [3.05, 3.63) is 205 Å². The van der Waals surface area contributed by atoms with Gasteiger partial charge >= 0.3 is 18.4 Å². The maximum absolute atomic E-state index is 13.1. The molecule has 0 radical (unpaired) electrons. The molecule has 5 aromatic carbocycles. The van der Waals surface area contributed by atoms with Gasteiger partial charge < -0.3 is 21.4 Å². The van der Waals surface area contributed by atoms with Gasteiger partial charge in [-0.15, -0.1) is 0 Å². The Morgan fingerprint density at radius 3 is 1.49 bits per heavy atom. The maximum atomic E-state index is 13.1. The van der Waals surface area contributed by atoms with Gasteiger partial charge in [-0.25, -0.2) is 18.2 Å². The van der Waals surface area contributed by atoms with Crippen LogP contribution in [0.4, 0.5) is 37.5 Å². The molecule has 0 aliphatic heterocycles. The number of pyridine rings is 5. The van der Waals surface area contributed by atoms with E-state index in [4.69, 9.17) is 27.9 Å². The zero-order chi connectivity index (χ0) is 48.9. The molecule has 0 unspecified atom stereocenters. The molecule has 5 aromatic heterocycles. The van der Waals surface area contributed by atoms with Gasteiger partial charge in [0.2, 0.25) is 17.8 Å². The summed E-state index contributed by atoms with van der Waals surface area (Å²) >= 11 is 19.6. The molecule has 10 rings (SSSR count). The fourth-order valence-electron chi connectivity index (χ4n) is 5.73. The van der Waals surface area contributed by atoms with Crippen LogP contribution in [0, 0.1) is 22.8 Å². The van der Waals surface area contributed by atoms with Crippen LogP contribution in [0.25, 0.3) is 58.8 Å². The van der Waals surface area contributed by atoms with Crippen molar-refractivity contribution >= 4 is 123 Å². The Hall–Kier alpha value is -6.95. The zero-order valence-electron chi connectivity index (χ0n) is 35.5. The van der Waals surface area contributed by atoms with E-state index in [0.717, 1.165) is 37.3 Å². The number of benzene rings is 5. The Kier molecular flexibility index (Phi) is 26.6. The second-order valence-corrected chi connectivity index (χ2v) is 19.9. The monoisotopic (exact) mass is 1070 g/mol. The smallest absolute Gasteiger partial charge is 0.762 e. The van der Waals surface area contributed by atoms with Crippen LogP contribution in [0.3, 0.4) is 0 Å². The van der Waals surface area contributed by atoms with Crippen molar-refractivity contribution in [2.24, 2.45) is 0 Å². The molecule has 0 saturated carbocycles. The predicted molar refractivity (Wildman–Crippen MR) is 264 cm³/mol. The summed E-state index contributed by atoms with van der Waals surface area (Å²) in [5, 5.41) is 22.7. The highest BCUT2D eigenvalue weighted by Gasteiger charge is 2.09. The summed E-state index contributed by atoms with van der Waals surface area (Å²) in [6.45, 7) is 0. The second-order valence-electron chi connectivity index (χ2n) is 12.9. The number of hydrogen-bond acceptors (Lipinski definition) is 8. The third-order valence-electron chi connectivity index (χ3n) is 8.56. The predicted octanol–water partition coefficient (Wildman–Crippen LogP) is 10.5.